The molecule has 4 atom stereocenters. The highest BCUT2D eigenvalue weighted by Gasteiger charge is 2.37. The van der Waals surface area contributed by atoms with Crippen LogP contribution in [-0.2, 0) is 22.7 Å². The van der Waals surface area contributed by atoms with Crippen molar-refractivity contribution in [2.75, 3.05) is 26.7 Å². The van der Waals surface area contributed by atoms with Gasteiger partial charge in [0.1, 0.15) is 11.8 Å². The molecule has 1 aliphatic heterocycles. The average Bonchev–Trinajstić information content (AvgIpc) is 2.96. The first-order chi connectivity index (χ1) is 18.9. The Morgan fingerprint density at radius 1 is 1.03 bits per heavy atom. The number of aryl methyl sites for hydroxylation is 1. The van der Waals surface area contributed by atoms with Gasteiger partial charge >= 0.3 is 0 Å². The van der Waals surface area contributed by atoms with E-state index in [1.807, 2.05) is 12.1 Å². The van der Waals surface area contributed by atoms with Gasteiger partial charge in [-0.25, -0.2) is 0 Å². The van der Waals surface area contributed by atoms with Crippen molar-refractivity contribution in [3.8, 4) is 5.75 Å². The number of hydrogen-bond acceptors (Lipinski definition) is 5. The second-order valence-corrected chi connectivity index (χ2v) is 11.5. The molecule has 39 heavy (non-hydrogen) atoms. The maximum Gasteiger partial charge on any atom is 0.242 e. The first-order valence-electron chi connectivity index (χ1n) is 14.5. The number of nitrogens with zero attached hydrogens (tertiary/aromatic N) is 2. The van der Waals surface area contributed by atoms with Gasteiger partial charge in [-0.2, -0.15) is 0 Å². The van der Waals surface area contributed by atoms with Crippen LogP contribution in [0.4, 0.5) is 0 Å². The Morgan fingerprint density at radius 2 is 1.77 bits per heavy atom. The molecule has 2 fully saturated rings. The van der Waals surface area contributed by atoms with E-state index in [0.717, 1.165) is 44.6 Å². The number of carbonyl (C=O) groups is 2. The molecule has 7 heteroatoms. The van der Waals surface area contributed by atoms with Gasteiger partial charge in [-0.3, -0.25) is 14.5 Å². The van der Waals surface area contributed by atoms with Gasteiger partial charge in [0.25, 0.3) is 0 Å². The molecule has 4 rings (SSSR count). The number of ether oxygens (including phenoxy) is 1. The number of nitrogens with two attached hydrogens (primary N) is 1. The molecule has 1 heterocycles. The summed E-state index contributed by atoms with van der Waals surface area (Å²) in [5.41, 5.74) is 9.57. The van der Waals surface area contributed by atoms with Crippen LogP contribution in [-0.4, -0.2) is 60.4 Å². The Morgan fingerprint density at radius 3 is 2.49 bits per heavy atom. The van der Waals surface area contributed by atoms with E-state index in [-0.39, 0.29) is 17.9 Å². The molecule has 2 amide bonds. The maximum atomic E-state index is 13.5. The van der Waals surface area contributed by atoms with E-state index in [4.69, 9.17) is 10.5 Å². The second kappa shape index (κ2) is 13.9. The lowest BCUT2D eigenvalue weighted by molar-refractivity contribution is -0.142. The van der Waals surface area contributed by atoms with Gasteiger partial charge in [-0.05, 0) is 80.7 Å². The van der Waals surface area contributed by atoms with Gasteiger partial charge in [0, 0.05) is 39.1 Å². The molecule has 3 N–H and O–H groups in total. The van der Waals surface area contributed by atoms with Gasteiger partial charge in [-0.15, -0.1) is 0 Å². The summed E-state index contributed by atoms with van der Waals surface area (Å²) < 4.78 is 5.47. The van der Waals surface area contributed by atoms with Crippen molar-refractivity contribution in [3.63, 3.8) is 0 Å². The molecule has 3 unspecified atom stereocenters. The van der Waals surface area contributed by atoms with Crippen LogP contribution in [0.25, 0.3) is 0 Å². The van der Waals surface area contributed by atoms with Crippen LogP contribution in [0, 0.1) is 18.8 Å². The average molecular weight is 535 g/mol. The van der Waals surface area contributed by atoms with E-state index in [1.54, 1.807) is 18.9 Å². The summed E-state index contributed by atoms with van der Waals surface area (Å²) in [6, 6.07) is 16.6. The molecule has 0 aromatic heterocycles. The third-order valence-corrected chi connectivity index (χ3v) is 8.61. The van der Waals surface area contributed by atoms with Gasteiger partial charge < -0.3 is 20.7 Å². The highest BCUT2D eigenvalue weighted by Crippen LogP contribution is 2.29. The van der Waals surface area contributed by atoms with Crippen molar-refractivity contribution < 1.29 is 14.3 Å². The van der Waals surface area contributed by atoms with Crippen molar-refractivity contribution >= 4 is 11.8 Å². The van der Waals surface area contributed by atoms with E-state index in [2.05, 4.69) is 53.5 Å². The molecule has 212 valence electrons. The normalized spacial score (nSPS) is 23.5. The molecule has 0 radical (unpaired) electrons. The van der Waals surface area contributed by atoms with Crippen LogP contribution >= 0.6 is 0 Å². The Bertz CT molecular complexity index is 1090. The maximum absolute atomic E-state index is 13.5. The monoisotopic (exact) mass is 534 g/mol. The van der Waals surface area contributed by atoms with Crippen LogP contribution in [0.15, 0.2) is 48.5 Å². The number of hydrogen-bond donors (Lipinski definition) is 2. The minimum atomic E-state index is -0.457. The number of piperidine rings is 1. The van der Waals surface area contributed by atoms with Gasteiger partial charge in [-0.1, -0.05) is 48.4 Å². The van der Waals surface area contributed by atoms with Crippen LogP contribution in [0.2, 0.25) is 0 Å². The highest BCUT2D eigenvalue weighted by atomic mass is 16.5. The summed E-state index contributed by atoms with van der Waals surface area (Å²) in [5, 5.41) is 3.22. The molecule has 2 aromatic rings. The van der Waals surface area contributed by atoms with E-state index < -0.39 is 6.04 Å². The highest BCUT2D eigenvalue weighted by molar-refractivity contribution is 5.87. The first-order valence-corrected chi connectivity index (χ1v) is 14.5. The fraction of sp³-hybridized carbons (Fsp3) is 0.562. The van der Waals surface area contributed by atoms with Crippen molar-refractivity contribution in [2.24, 2.45) is 17.6 Å². The molecule has 2 aromatic carbocycles. The van der Waals surface area contributed by atoms with E-state index in [1.165, 1.54) is 29.5 Å². The Labute approximate surface area is 234 Å². The largest absolute Gasteiger partial charge is 0.497 e. The van der Waals surface area contributed by atoms with Crippen molar-refractivity contribution in [2.45, 2.75) is 77.5 Å². The molecule has 1 aliphatic carbocycles. The summed E-state index contributed by atoms with van der Waals surface area (Å²) >= 11 is 0. The number of amides is 2. The molecule has 0 bridgehead atoms. The Kier molecular flexibility index (Phi) is 10.4. The van der Waals surface area contributed by atoms with Gasteiger partial charge in [0.15, 0.2) is 0 Å². The predicted molar refractivity (Wildman–Crippen MR) is 155 cm³/mol. The van der Waals surface area contributed by atoms with Crippen molar-refractivity contribution in [1.29, 1.82) is 0 Å². The minimum Gasteiger partial charge on any atom is -0.497 e. The Hall–Kier alpha value is -2.90. The molecular weight excluding hydrogens is 488 g/mol. The third-order valence-electron chi connectivity index (χ3n) is 8.61. The van der Waals surface area contributed by atoms with E-state index in [9.17, 15) is 9.59 Å². The topological polar surface area (TPSA) is 87.9 Å². The third kappa shape index (κ3) is 8.05. The summed E-state index contributed by atoms with van der Waals surface area (Å²) in [7, 11) is 1.69. The molecule has 0 spiro atoms. The van der Waals surface area contributed by atoms with Crippen molar-refractivity contribution in [1.82, 2.24) is 15.1 Å². The number of carbonyl (C=O) groups excluding carboxylic acids is 2. The lowest BCUT2D eigenvalue weighted by Gasteiger charge is -2.43. The summed E-state index contributed by atoms with van der Waals surface area (Å²) in [6.45, 7) is 7.16. The smallest absolute Gasteiger partial charge is 0.242 e. The summed E-state index contributed by atoms with van der Waals surface area (Å²) in [6.07, 6.45) is 6.02. The fourth-order valence-corrected chi connectivity index (χ4v) is 6.32. The summed E-state index contributed by atoms with van der Waals surface area (Å²) in [5.74, 6) is 1.80. The quantitative estimate of drug-likeness (QED) is 0.475. The zero-order valence-electron chi connectivity index (χ0n) is 23.9. The second-order valence-electron chi connectivity index (χ2n) is 11.5. The number of likely N-dealkylation sites (tertiary alicyclic amines) is 1. The number of benzene rings is 2. The van der Waals surface area contributed by atoms with Gasteiger partial charge in [0.2, 0.25) is 11.8 Å². The minimum absolute atomic E-state index is 0.0264. The standard InChI is InChI=1S/C32H46N4O3/c1-23-10-12-25(13-11-23)21-35(22-28-8-5-9-30(17-28)39-3)29-14-15-36(24(2)37)31(18-29)32(38)34-20-27-7-4-6-26(16-27)19-33/h5,8-13,17,26-27,29,31H,4,6-7,14-16,18-22,33H2,1-3H3,(H,34,38)/t26?,27?,29?,31-/m1/s1. The van der Waals surface area contributed by atoms with Crippen LogP contribution in [0.3, 0.4) is 0 Å². The molecular formula is C32H46N4O3. The van der Waals surface area contributed by atoms with E-state index >= 15 is 0 Å². The van der Waals surface area contributed by atoms with Crippen LogP contribution in [0.5, 0.6) is 5.75 Å². The first kappa shape index (κ1) is 29.1. The number of methoxy groups -OCH3 is 1. The molecule has 1 saturated carbocycles. The molecule has 7 nitrogen and oxygen atoms in total. The fourth-order valence-electron chi connectivity index (χ4n) is 6.32. The van der Waals surface area contributed by atoms with Crippen LogP contribution in [0.1, 0.15) is 62.1 Å². The Balaban J connectivity index is 1.49. The number of nitrogens with one attached hydrogen (secondary N) is 1. The zero-order chi connectivity index (χ0) is 27.8. The zero-order valence-corrected chi connectivity index (χ0v) is 23.9. The van der Waals surface area contributed by atoms with Gasteiger partial charge in [0.05, 0.1) is 7.11 Å². The van der Waals surface area contributed by atoms with E-state index in [0.29, 0.717) is 31.3 Å². The molecule has 1 saturated heterocycles. The van der Waals surface area contributed by atoms with Crippen LogP contribution < -0.4 is 15.8 Å². The number of rotatable bonds is 10. The predicted octanol–water partition coefficient (Wildman–Crippen LogP) is 4.27. The summed E-state index contributed by atoms with van der Waals surface area (Å²) in [4.78, 5) is 30.3. The SMILES string of the molecule is COc1cccc(CN(Cc2ccc(C)cc2)C2CCN(C(C)=O)[C@@H](C(=O)NCC3CCCC(CN)C3)C2)c1. The van der Waals surface area contributed by atoms with Crippen molar-refractivity contribution in [3.05, 3.63) is 65.2 Å². The lowest BCUT2D eigenvalue weighted by Crippen LogP contribution is -2.57. The molecule has 2 aliphatic rings. The lowest BCUT2D eigenvalue weighted by atomic mass is 9.81.